The predicted molar refractivity (Wildman–Crippen MR) is 33.2 cm³/mol. The normalized spacial score (nSPS) is 14.5. The van der Waals surface area contributed by atoms with Gasteiger partial charge in [0.05, 0.1) is 5.97 Å². The molecule has 0 radical (unpaired) electrons. The zero-order valence-corrected chi connectivity index (χ0v) is 6.59. The van der Waals surface area contributed by atoms with Crippen LogP contribution in [0, 0.1) is 0 Å². The maximum Gasteiger partial charge on any atom is 0.413 e. The van der Waals surface area contributed by atoms with Crippen molar-refractivity contribution in [2.45, 2.75) is 10.9 Å². The van der Waals surface area contributed by atoms with Crippen molar-refractivity contribution in [3.63, 3.8) is 0 Å². The van der Waals surface area contributed by atoms with E-state index in [0.717, 1.165) is 0 Å². The van der Waals surface area contributed by atoms with Crippen LogP contribution < -0.4 is 5.11 Å². The van der Waals surface area contributed by atoms with Crippen LogP contribution in [0.1, 0.15) is 0 Å². The molecule has 0 aliphatic carbocycles. The Hall–Kier alpha value is -0.100. The van der Waals surface area contributed by atoms with Crippen LogP contribution in [0.5, 0.6) is 0 Å². The van der Waals surface area contributed by atoms with Crippen LogP contribution in [0.25, 0.3) is 0 Å². The highest BCUT2D eigenvalue weighted by atomic mass is 35.5. The summed E-state index contributed by atoms with van der Waals surface area (Å²) >= 11 is 4.82. The van der Waals surface area contributed by atoms with Crippen LogP contribution in [0.4, 0.5) is 13.2 Å². The number of aliphatic carboxylic acids is 1. The Balaban J connectivity index is 3.70. The molecule has 0 aliphatic heterocycles. The van der Waals surface area contributed by atoms with Gasteiger partial charge < -0.3 is 9.90 Å². The van der Waals surface area contributed by atoms with Gasteiger partial charge in [-0.1, -0.05) is 0 Å². The van der Waals surface area contributed by atoms with Crippen molar-refractivity contribution in [1.29, 1.82) is 0 Å². The second kappa shape index (κ2) is 4.06. The van der Waals surface area contributed by atoms with Gasteiger partial charge in [0, 0.05) is 5.75 Å². The minimum absolute atomic E-state index is 0.0698. The molecule has 11 heavy (non-hydrogen) atoms. The van der Waals surface area contributed by atoms with Crippen molar-refractivity contribution in [3.8, 4) is 0 Å². The summed E-state index contributed by atoms with van der Waals surface area (Å²) < 4.78 is 32.4. The van der Waals surface area contributed by atoms with Gasteiger partial charge in [-0.3, -0.25) is 0 Å². The zero-order valence-electron chi connectivity index (χ0n) is 5.02. The number of halogens is 4. The largest absolute Gasteiger partial charge is 0.549 e. The van der Waals surface area contributed by atoms with E-state index in [1.54, 1.807) is 0 Å². The lowest BCUT2D eigenvalue weighted by atomic mass is 10.8. The molecule has 66 valence electrons. The zero-order chi connectivity index (χ0) is 9.07. The molecular weight excluding hydrogens is 205 g/mol. The molecule has 0 heterocycles. The van der Waals surface area contributed by atoms with Crippen LogP contribution in [0.15, 0.2) is 0 Å². The van der Waals surface area contributed by atoms with Crippen LogP contribution >= 0.6 is 23.4 Å². The molecule has 0 bridgehead atoms. The topological polar surface area (TPSA) is 40.1 Å². The fraction of sp³-hybridized carbons (Fsp3) is 0.750. The average Bonchev–Trinajstić information content (AvgIpc) is 1.80. The van der Waals surface area contributed by atoms with Gasteiger partial charge in [0.25, 0.3) is 0 Å². The standard InChI is InChI=1S/C4H4ClF3O2S/c5-3(4(6,7)8)11-1-2(9)10/h3H,1H2,(H,9,10)/p-1/t3-/m0/s1. The summed E-state index contributed by atoms with van der Waals surface area (Å²) in [6.45, 7) is 0. The van der Waals surface area contributed by atoms with Crippen LogP contribution in [-0.2, 0) is 4.79 Å². The third-order valence-electron chi connectivity index (χ3n) is 0.605. The van der Waals surface area contributed by atoms with Crippen LogP contribution in [0.3, 0.4) is 0 Å². The van der Waals surface area contributed by atoms with Crippen molar-refractivity contribution in [1.82, 2.24) is 0 Å². The molecular formula is C4H3ClF3O2S-. The summed E-state index contributed by atoms with van der Waals surface area (Å²) in [5.74, 6) is -2.32. The number of rotatable bonds is 3. The number of carboxylic acid groups (broad SMARTS) is 1. The maximum absolute atomic E-state index is 11.5. The van der Waals surface area contributed by atoms with E-state index >= 15 is 0 Å². The molecule has 1 atom stereocenters. The van der Waals surface area contributed by atoms with E-state index in [2.05, 4.69) is 0 Å². The highest BCUT2D eigenvalue weighted by Crippen LogP contribution is 2.32. The van der Waals surface area contributed by atoms with E-state index in [1.807, 2.05) is 0 Å². The van der Waals surface area contributed by atoms with Crippen molar-refractivity contribution >= 4 is 29.3 Å². The van der Waals surface area contributed by atoms with Crippen molar-refractivity contribution in [3.05, 3.63) is 0 Å². The summed E-state index contributed by atoms with van der Waals surface area (Å²) in [7, 11) is 0. The average molecular weight is 208 g/mol. The van der Waals surface area contributed by atoms with E-state index in [-0.39, 0.29) is 11.8 Å². The molecule has 0 amide bonds. The Kier molecular flexibility index (Phi) is 4.02. The summed E-state index contributed by atoms with van der Waals surface area (Å²) in [5, 5.41) is 9.67. The second-order valence-electron chi connectivity index (χ2n) is 1.54. The third-order valence-corrected chi connectivity index (χ3v) is 2.19. The highest BCUT2D eigenvalue weighted by Gasteiger charge is 2.38. The number of carboxylic acids is 1. The maximum atomic E-state index is 11.5. The molecule has 0 saturated heterocycles. The minimum Gasteiger partial charge on any atom is -0.549 e. The number of hydrogen-bond donors (Lipinski definition) is 0. The van der Waals surface area contributed by atoms with Crippen LogP contribution in [-0.4, -0.2) is 22.6 Å². The first-order valence-corrected chi connectivity index (χ1v) is 3.85. The van der Waals surface area contributed by atoms with Crippen molar-refractivity contribution < 1.29 is 23.1 Å². The number of thioether (sulfide) groups is 1. The Labute approximate surface area is 69.7 Å². The van der Waals surface area contributed by atoms with E-state index in [4.69, 9.17) is 11.6 Å². The third kappa shape index (κ3) is 5.20. The number of hydrogen-bond acceptors (Lipinski definition) is 3. The van der Waals surface area contributed by atoms with Crippen molar-refractivity contribution in [2.75, 3.05) is 5.75 Å². The molecule has 0 fully saturated rings. The van der Waals surface area contributed by atoms with E-state index in [0.29, 0.717) is 0 Å². The Morgan fingerprint density at radius 3 is 2.36 bits per heavy atom. The second-order valence-corrected chi connectivity index (χ2v) is 3.33. The molecule has 2 nitrogen and oxygen atoms in total. The number of carbonyl (C=O) groups excluding carboxylic acids is 1. The van der Waals surface area contributed by atoms with Crippen molar-refractivity contribution in [2.24, 2.45) is 0 Å². The van der Waals surface area contributed by atoms with Gasteiger partial charge >= 0.3 is 6.18 Å². The van der Waals surface area contributed by atoms with Gasteiger partial charge in [-0.15, -0.1) is 23.4 Å². The van der Waals surface area contributed by atoms with E-state index in [9.17, 15) is 23.1 Å². The molecule has 0 aromatic carbocycles. The monoisotopic (exact) mass is 207 g/mol. The molecule has 0 unspecified atom stereocenters. The summed E-state index contributed by atoms with van der Waals surface area (Å²) in [5.41, 5.74) is 0. The molecule has 0 spiro atoms. The number of alkyl halides is 4. The highest BCUT2D eigenvalue weighted by molar-refractivity contribution is 8.01. The van der Waals surface area contributed by atoms with Gasteiger partial charge in [-0.25, -0.2) is 0 Å². The first kappa shape index (κ1) is 10.9. The Bertz CT molecular complexity index is 149. The molecule has 0 aliphatic rings. The fourth-order valence-electron chi connectivity index (χ4n) is 0.236. The van der Waals surface area contributed by atoms with E-state index < -0.39 is 22.6 Å². The predicted octanol–water partition coefficient (Wildman–Crippen LogP) is 0.597. The first-order chi connectivity index (χ1) is 4.84. The van der Waals surface area contributed by atoms with Gasteiger partial charge in [0.15, 0.2) is 4.71 Å². The minimum atomic E-state index is -4.57. The Morgan fingerprint density at radius 2 is 2.09 bits per heavy atom. The molecule has 0 saturated carbocycles. The lowest BCUT2D eigenvalue weighted by Gasteiger charge is -2.12. The van der Waals surface area contributed by atoms with Gasteiger partial charge in [0.2, 0.25) is 0 Å². The summed E-state index contributed by atoms with van der Waals surface area (Å²) in [6.07, 6.45) is -4.57. The number of carbonyl (C=O) groups is 1. The SMILES string of the molecule is O=C([O-])CS[C@H](Cl)C(F)(F)F. The van der Waals surface area contributed by atoms with E-state index in [1.165, 1.54) is 0 Å². The lowest BCUT2D eigenvalue weighted by Crippen LogP contribution is -2.28. The fourth-order valence-corrected chi connectivity index (χ4v) is 0.896. The summed E-state index contributed by atoms with van der Waals surface area (Å²) in [6, 6.07) is 0. The van der Waals surface area contributed by atoms with Gasteiger partial charge in [-0.2, -0.15) is 13.2 Å². The molecule has 0 rings (SSSR count). The van der Waals surface area contributed by atoms with Gasteiger partial charge in [-0.05, 0) is 0 Å². The Morgan fingerprint density at radius 1 is 1.64 bits per heavy atom. The molecule has 0 aromatic heterocycles. The molecule has 7 heteroatoms. The molecule has 0 aromatic rings. The summed E-state index contributed by atoms with van der Waals surface area (Å²) in [4.78, 5) is 9.67. The quantitative estimate of drug-likeness (QED) is 0.637. The van der Waals surface area contributed by atoms with Gasteiger partial charge in [0.1, 0.15) is 0 Å². The lowest BCUT2D eigenvalue weighted by molar-refractivity contribution is -0.301. The molecule has 0 N–H and O–H groups in total. The van der Waals surface area contributed by atoms with Crippen LogP contribution in [0.2, 0.25) is 0 Å². The first-order valence-electron chi connectivity index (χ1n) is 2.36. The smallest absolute Gasteiger partial charge is 0.413 e.